The predicted molar refractivity (Wildman–Crippen MR) is 90.5 cm³/mol. The molecule has 0 bridgehead atoms. The highest BCUT2D eigenvalue weighted by Gasteiger charge is 2.20. The SMILES string of the molecule is Cl.Cl.N=C(N)c1sccc1-c1ccc2c(c1)C(N)CC2. The average molecular weight is 330 g/mol. The van der Waals surface area contributed by atoms with E-state index in [9.17, 15) is 0 Å². The van der Waals surface area contributed by atoms with Gasteiger partial charge in [0.15, 0.2) is 0 Å². The van der Waals surface area contributed by atoms with E-state index < -0.39 is 0 Å². The number of fused-ring (bicyclic) bond motifs is 1. The van der Waals surface area contributed by atoms with Crippen LogP contribution in [0.2, 0.25) is 0 Å². The number of hydrogen-bond donors (Lipinski definition) is 3. The highest BCUT2D eigenvalue weighted by atomic mass is 35.5. The minimum atomic E-state index is 0. The van der Waals surface area contributed by atoms with Crippen molar-refractivity contribution in [3.8, 4) is 11.1 Å². The summed E-state index contributed by atoms with van der Waals surface area (Å²) in [5.74, 6) is 0.129. The summed E-state index contributed by atoms with van der Waals surface area (Å²) in [6.45, 7) is 0. The Morgan fingerprint density at radius 2 is 2.00 bits per heavy atom. The van der Waals surface area contributed by atoms with E-state index in [2.05, 4.69) is 18.2 Å². The standard InChI is InChI=1S/C14H15N3S.2ClH/c15-12-4-3-8-1-2-9(7-11(8)12)10-5-6-18-13(10)14(16)17;;/h1-2,5-7,12H,3-4,15H2,(H3,16,17);2*1H. The third-order valence-electron chi connectivity index (χ3n) is 3.49. The molecule has 0 fully saturated rings. The summed E-state index contributed by atoms with van der Waals surface area (Å²) in [7, 11) is 0. The van der Waals surface area contributed by atoms with Gasteiger partial charge in [-0.2, -0.15) is 0 Å². The quantitative estimate of drug-likeness (QED) is 0.582. The van der Waals surface area contributed by atoms with Crippen molar-refractivity contribution in [1.82, 2.24) is 0 Å². The second-order valence-corrected chi connectivity index (χ2v) is 5.55. The van der Waals surface area contributed by atoms with Gasteiger partial charge >= 0.3 is 0 Å². The molecule has 2 aromatic rings. The molecule has 0 saturated carbocycles. The Bertz CT molecular complexity index is 625. The summed E-state index contributed by atoms with van der Waals surface area (Å²) in [6.07, 6.45) is 2.10. The van der Waals surface area contributed by atoms with Crippen LogP contribution >= 0.6 is 36.2 Å². The first kappa shape index (κ1) is 17.0. The van der Waals surface area contributed by atoms with Crippen molar-refractivity contribution >= 4 is 42.0 Å². The largest absolute Gasteiger partial charge is 0.383 e. The number of amidine groups is 1. The molecule has 6 heteroatoms. The van der Waals surface area contributed by atoms with Gasteiger partial charge in [-0.05, 0) is 47.0 Å². The van der Waals surface area contributed by atoms with Gasteiger partial charge in [0.05, 0.1) is 4.88 Å². The van der Waals surface area contributed by atoms with Crippen LogP contribution in [0.5, 0.6) is 0 Å². The zero-order valence-electron chi connectivity index (χ0n) is 10.8. The first-order valence-electron chi connectivity index (χ1n) is 5.97. The van der Waals surface area contributed by atoms with Crippen LogP contribution in [0.1, 0.15) is 28.5 Å². The van der Waals surface area contributed by atoms with Gasteiger partial charge in [0.2, 0.25) is 0 Å². The second-order valence-electron chi connectivity index (χ2n) is 4.64. The van der Waals surface area contributed by atoms with Gasteiger partial charge < -0.3 is 11.5 Å². The summed E-state index contributed by atoms with van der Waals surface area (Å²) in [6, 6.07) is 8.58. The molecule has 108 valence electrons. The Hall–Kier alpha value is -1.07. The fourth-order valence-electron chi connectivity index (χ4n) is 2.55. The third-order valence-corrected chi connectivity index (χ3v) is 4.44. The van der Waals surface area contributed by atoms with Gasteiger partial charge in [0.25, 0.3) is 0 Å². The van der Waals surface area contributed by atoms with Gasteiger partial charge in [0, 0.05) is 11.6 Å². The maximum absolute atomic E-state index is 7.60. The second kappa shape index (κ2) is 6.59. The van der Waals surface area contributed by atoms with E-state index in [0.29, 0.717) is 0 Å². The number of nitrogens with two attached hydrogens (primary N) is 2. The zero-order chi connectivity index (χ0) is 12.7. The molecule has 1 unspecified atom stereocenters. The summed E-state index contributed by atoms with van der Waals surface area (Å²) in [4.78, 5) is 0.835. The van der Waals surface area contributed by atoms with Crippen molar-refractivity contribution < 1.29 is 0 Å². The monoisotopic (exact) mass is 329 g/mol. The molecule has 1 aromatic carbocycles. The number of nitrogens with one attached hydrogen (secondary N) is 1. The Morgan fingerprint density at radius 1 is 1.25 bits per heavy atom. The maximum Gasteiger partial charge on any atom is 0.133 e. The Balaban J connectivity index is 0.000001000. The summed E-state index contributed by atoms with van der Waals surface area (Å²) < 4.78 is 0. The number of thiophene rings is 1. The molecule has 1 atom stereocenters. The van der Waals surface area contributed by atoms with Crippen molar-refractivity contribution in [1.29, 1.82) is 5.41 Å². The van der Waals surface area contributed by atoms with Crippen LogP contribution in [0.25, 0.3) is 11.1 Å². The number of rotatable bonds is 2. The number of hydrogen-bond acceptors (Lipinski definition) is 3. The lowest BCUT2D eigenvalue weighted by molar-refractivity contribution is 0.713. The van der Waals surface area contributed by atoms with Gasteiger partial charge in [0.1, 0.15) is 5.84 Å². The fourth-order valence-corrected chi connectivity index (χ4v) is 3.33. The van der Waals surface area contributed by atoms with Crippen molar-refractivity contribution in [3.63, 3.8) is 0 Å². The molecule has 0 spiro atoms. The third kappa shape index (κ3) is 2.83. The summed E-state index contributed by atoms with van der Waals surface area (Å²) >= 11 is 1.51. The van der Waals surface area contributed by atoms with Crippen LogP contribution in [-0.2, 0) is 6.42 Å². The molecule has 20 heavy (non-hydrogen) atoms. The Kier molecular flexibility index (Phi) is 5.59. The van der Waals surface area contributed by atoms with Gasteiger partial charge in [-0.25, -0.2) is 0 Å². The molecular formula is C14H17Cl2N3S. The first-order valence-corrected chi connectivity index (χ1v) is 6.85. The topological polar surface area (TPSA) is 75.9 Å². The lowest BCUT2D eigenvalue weighted by Gasteiger charge is -2.08. The van der Waals surface area contributed by atoms with Crippen LogP contribution in [0.15, 0.2) is 29.6 Å². The minimum Gasteiger partial charge on any atom is -0.383 e. The highest BCUT2D eigenvalue weighted by Crippen LogP contribution is 2.35. The van der Waals surface area contributed by atoms with Crippen LogP contribution < -0.4 is 11.5 Å². The van der Waals surface area contributed by atoms with E-state index in [0.717, 1.165) is 28.8 Å². The minimum absolute atomic E-state index is 0. The molecule has 0 saturated heterocycles. The van der Waals surface area contributed by atoms with Crippen LogP contribution in [-0.4, -0.2) is 5.84 Å². The molecule has 0 amide bonds. The molecule has 1 aliphatic carbocycles. The van der Waals surface area contributed by atoms with Crippen molar-refractivity contribution in [3.05, 3.63) is 45.6 Å². The van der Waals surface area contributed by atoms with E-state index in [1.165, 1.54) is 22.5 Å². The van der Waals surface area contributed by atoms with Crippen molar-refractivity contribution in [2.45, 2.75) is 18.9 Å². The molecular weight excluding hydrogens is 313 g/mol. The normalized spacial score (nSPS) is 15.9. The van der Waals surface area contributed by atoms with Crippen molar-refractivity contribution in [2.24, 2.45) is 11.5 Å². The smallest absolute Gasteiger partial charge is 0.133 e. The van der Waals surface area contributed by atoms with E-state index in [1.54, 1.807) is 0 Å². The molecule has 0 aliphatic heterocycles. The van der Waals surface area contributed by atoms with Crippen LogP contribution in [0.3, 0.4) is 0 Å². The van der Waals surface area contributed by atoms with E-state index in [-0.39, 0.29) is 36.7 Å². The summed E-state index contributed by atoms with van der Waals surface area (Å²) in [5.41, 5.74) is 16.4. The van der Waals surface area contributed by atoms with E-state index >= 15 is 0 Å². The lowest BCUT2D eigenvalue weighted by Crippen LogP contribution is -2.10. The average Bonchev–Trinajstić information content (AvgIpc) is 2.96. The molecule has 3 nitrogen and oxygen atoms in total. The molecule has 1 aromatic heterocycles. The van der Waals surface area contributed by atoms with Gasteiger partial charge in [-0.3, -0.25) is 5.41 Å². The molecule has 1 aliphatic rings. The fraction of sp³-hybridized carbons (Fsp3) is 0.214. The number of benzene rings is 1. The van der Waals surface area contributed by atoms with Gasteiger partial charge in [-0.1, -0.05) is 12.1 Å². The zero-order valence-corrected chi connectivity index (χ0v) is 13.2. The lowest BCUT2D eigenvalue weighted by atomic mass is 10.00. The van der Waals surface area contributed by atoms with Gasteiger partial charge in [-0.15, -0.1) is 36.2 Å². The maximum atomic E-state index is 7.60. The van der Waals surface area contributed by atoms with E-state index in [1.807, 2.05) is 11.4 Å². The van der Waals surface area contributed by atoms with Crippen LogP contribution in [0.4, 0.5) is 0 Å². The number of nitrogen functional groups attached to an aromatic ring is 1. The molecule has 5 N–H and O–H groups in total. The first-order chi connectivity index (χ1) is 8.66. The molecule has 0 radical (unpaired) electrons. The van der Waals surface area contributed by atoms with E-state index in [4.69, 9.17) is 16.9 Å². The Labute approximate surface area is 134 Å². The highest BCUT2D eigenvalue weighted by molar-refractivity contribution is 7.12. The summed E-state index contributed by atoms with van der Waals surface area (Å²) in [5, 5.41) is 9.57. The van der Waals surface area contributed by atoms with Crippen molar-refractivity contribution in [2.75, 3.05) is 0 Å². The van der Waals surface area contributed by atoms with Crippen LogP contribution in [0, 0.1) is 5.41 Å². The predicted octanol–water partition coefficient (Wildman–Crippen LogP) is 3.49. The molecule has 1 heterocycles. The number of aryl methyl sites for hydroxylation is 1. The Morgan fingerprint density at radius 3 is 2.70 bits per heavy atom. The number of halogens is 2. The molecule has 3 rings (SSSR count).